The van der Waals surface area contributed by atoms with Gasteiger partial charge in [0.15, 0.2) is 0 Å². The van der Waals surface area contributed by atoms with E-state index in [0.717, 1.165) is 25.1 Å². The predicted octanol–water partition coefficient (Wildman–Crippen LogP) is 3.91. The van der Waals surface area contributed by atoms with Gasteiger partial charge in [-0.3, -0.25) is 4.79 Å². The average molecular weight is 312 g/mol. The molecule has 0 aromatic heterocycles. The third-order valence-electron chi connectivity index (χ3n) is 4.43. The number of benzene rings is 2. The largest absolute Gasteiger partial charge is 0.360 e. The SMILES string of the molecule is Cc1ccc(NC(=O)C(C)N2CCCc3ccccc32)cc1F. The first kappa shape index (κ1) is 15.5. The molecule has 0 saturated carbocycles. The number of aryl methyl sites for hydroxylation is 2. The maximum Gasteiger partial charge on any atom is 0.246 e. The van der Waals surface area contributed by atoms with E-state index in [1.807, 2.05) is 19.1 Å². The Morgan fingerprint density at radius 2 is 2.04 bits per heavy atom. The molecule has 120 valence electrons. The van der Waals surface area contributed by atoms with Crippen LogP contribution in [0.1, 0.15) is 24.5 Å². The number of anilines is 2. The Morgan fingerprint density at radius 3 is 2.83 bits per heavy atom. The molecule has 2 aromatic rings. The van der Waals surface area contributed by atoms with Crippen molar-refractivity contribution in [3.05, 3.63) is 59.4 Å². The van der Waals surface area contributed by atoms with Crippen LogP contribution in [-0.2, 0) is 11.2 Å². The van der Waals surface area contributed by atoms with Gasteiger partial charge in [-0.15, -0.1) is 0 Å². The molecule has 0 fully saturated rings. The number of para-hydroxylation sites is 1. The molecule has 1 atom stereocenters. The van der Waals surface area contributed by atoms with Gasteiger partial charge in [0.1, 0.15) is 11.9 Å². The second-order valence-corrected chi connectivity index (χ2v) is 6.05. The fourth-order valence-electron chi connectivity index (χ4n) is 3.02. The van der Waals surface area contributed by atoms with Gasteiger partial charge in [0.05, 0.1) is 0 Å². The maximum absolute atomic E-state index is 13.6. The van der Waals surface area contributed by atoms with Crippen molar-refractivity contribution in [2.45, 2.75) is 32.7 Å². The highest BCUT2D eigenvalue weighted by Gasteiger charge is 2.25. The lowest BCUT2D eigenvalue weighted by atomic mass is 10.00. The molecule has 1 aliphatic heterocycles. The number of fused-ring (bicyclic) bond motifs is 1. The van der Waals surface area contributed by atoms with Gasteiger partial charge in [-0.05, 0) is 56.0 Å². The minimum Gasteiger partial charge on any atom is -0.360 e. The van der Waals surface area contributed by atoms with Gasteiger partial charge in [0, 0.05) is 17.9 Å². The zero-order valence-electron chi connectivity index (χ0n) is 13.5. The van der Waals surface area contributed by atoms with Crippen LogP contribution in [0.2, 0.25) is 0 Å². The molecule has 0 aliphatic carbocycles. The molecule has 1 heterocycles. The van der Waals surface area contributed by atoms with Gasteiger partial charge in [0.2, 0.25) is 5.91 Å². The second-order valence-electron chi connectivity index (χ2n) is 6.05. The third kappa shape index (κ3) is 3.21. The van der Waals surface area contributed by atoms with E-state index in [4.69, 9.17) is 0 Å². The van der Waals surface area contributed by atoms with Crippen molar-refractivity contribution in [1.29, 1.82) is 0 Å². The summed E-state index contributed by atoms with van der Waals surface area (Å²) in [7, 11) is 0. The highest BCUT2D eigenvalue weighted by Crippen LogP contribution is 2.28. The van der Waals surface area contributed by atoms with E-state index in [-0.39, 0.29) is 17.8 Å². The van der Waals surface area contributed by atoms with Crippen molar-refractivity contribution in [3.8, 4) is 0 Å². The lowest BCUT2D eigenvalue weighted by Gasteiger charge is -2.35. The summed E-state index contributed by atoms with van der Waals surface area (Å²) in [6, 6.07) is 12.7. The van der Waals surface area contributed by atoms with Gasteiger partial charge in [-0.1, -0.05) is 24.3 Å². The lowest BCUT2D eigenvalue weighted by molar-refractivity contribution is -0.117. The first-order valence-corrected chi connectivity index (χ1v) is 7.98. The number of nitrogens with one attached hydrogen (secondary N) is 1. The fraction of sp³-hybridized carbons (Fsp3) is 0.316. The van der Waals surface area contributed by atoms with Crippen LogP contribution >= 0.6 is 0 Å². The van der Waals surface area contributed by atoms with Crippen molar-refractivity contribution < 1.29 is 9.18 Å². The number of carbonyl (C=O) groups excluding carboxylic acids is 1. The van der Waals surface area contributed by atoms with Crippen molar-refractivity contribution in [2.75, 3.05) is 16.8 Å². The van der Waals surface area contributed by atoms with Crippen LogP contribution in [0.3, 0.4) is 0 Å². The number of hydrogen-bond donors (Lipinski definition) is 1. The van der Waals surface area contributed by atoms with Crippen molar-refractivity contribution in [3.63, 3.8) is 0 Å². The van der Waals surface area contributed by atoms with Crippen LogP contribution in [-0.4, -0.2) is 18.5 Å². The highest BCUT2D eigenvalue weighted by molar-refractivity contribution is 5.96. The Morgan fingerprint density at radius 1 is 1.26 bits per heavy atom. The summed E-state index contributed by atoms with van der Waals surface area (Å²) < 4.78 is 13.6. The number of carbonyl (C=O) groups is 1. The quantitative estimate of drug-likeness (QED) is 0.932. The maximum atomic E-state index is 13.6. The summed E-state index contributed by atoms with van der Waals surface area (Å²) in [6.45, 7) is 4.45. The van der Waals surface area contributed by atoms with Crippen LogP contribution in [0, 0.1) is 12.7 Å². The van der Waals surface area contributed by atoms with Gasteiger partial charge in [0.25, 0.3) is 0 Å². The molecule has 2 aromatic carbocycles. The number of halogens is 1. The fourth-order valence-corrected chi connectivity index (χ4v) is 3.02. The van der Waals surface area contributed by atoms with Crippen LogP contribution in [0.15, 0.2) is 42.5 Å². The molecule has 4 heteroatoms. The minimum atomic E-state index is -0.307. The van der Waals surface area contributed by atoms with E-state index >= 15 is 0 Å². The molecule has 23 heavy (non-hydrogen) atoms. The predicted molar refractivity (Wildman–Crippen MR) is 91.3 cm³/mol. The third-order valence-corrected chi connectivity index (χ3v) is 4.43. The van der Waals surface area contributed by atoms with E-state index < -0.39 is 0 Å². The minimum absolute atomic E-state index is 0.120. The van der Waals surface area contributed by atoms with Crippen LogP contribution in [0.4, 0.5) is 15.8 Å². The monoisotopic (exact) mass is 312 g/mol. The summed E-state index contributed by atoms with van der Waals surface area (Å²) in [4.78, 5) is 14.7. The summed E-state index contributed by atoms with van der Waals surface area (Å²) in [5.41, 5.74) is 3.47. The molecule has 0 spiro atoms. The first-order valence-electron chi connectivity index (χ1n) is 7.98. The van der Waals surface area contributed by atoms with E-state index in [1.54, 1.807) is 19.1 Å². The highest BCUT2D eigenvalue weighted by atomic mass is 19.1. The summed E-state index contributed by atoms with van der Waals surface area (Å²) in [6.07, 6.45) is 2.08. The zero-order valence-corrected chi connectivity index (χ0v) is 13.5. The van der Waals surface area contributed by atoms with Gasteiger partial charge in [-0.25, -0.2) is 4.39 Å². The van der Waals surface area contributed by atoms with Crippen molar-refractivity contribution in [2.24, 2.45) is 0 Å². The van der Waals surface area contributed by atoms with Gasteiger partial charge < -0.3 is 10.2 Å². The van der Waals surface area contributed by atoms with Crippen LogP contribution < -0.4 is 10.2 Å². The average Bonchev–Trinajstić information content (AvgIpc) is 2.57. The smallest absolute Gasteiger partial charge is 0.246 e. The lowest BCUT2D eigenvalue weighted by Crippen LogP contribution is -2.44. The van der Waals surface area contributed by atoms with Crippen molar-refractivity contribution >= 4 is 17.3 Å². The van der Waals surface area contributed by atoms with E-state index in [0.29, 0.717) is 11.3 Å². The molecular formula is C19H21FN2O. The topological polar surface area (TPSA) is 32.3 Å². The molecular weight excluding hydrogens is 291 g/mol. The molecule has 1 N–H and O–H groups in total. The molecule has 0 saturated heterocycles. The van der Waals surface area contributed by atoms with E-state index in [1.165, 1.54) is 11.6 Å². The van der Waals surface area contributed by atoms with Crippen LogP contribution in [0.25, 0.3) is 0 Å². The normalized spacial score (nSPS) is 15.0. The Labute approximate surface area is 136 Å². The second kappa shape index (κ2) is 6.41. The van der Waals surface area contributed by atoms with Crippen LogP contribution in [0.5, 0.6) is 0 Å². The molecule has 3 rings (SSSR count). The Hall–Kier alpha value is -2.36. The van der Waals surface area contributed by atoms with Crippen molar-refractivity contribution in [1.82, 2.24) is 0 Å². The molecule has 1 aliphatic rings. The molecule has 1 unspecified atom stereocenters. The van der Waals surface area contributed by atoms with E-state index in [9.17, 15) is 9.18 Å². The Kier molecular flexibility index (Phi) is 4.33. The Balaban J connectivity index is 1.76. The molecule has 1 amide bonds. The number of hydrogen-bond acceptors (Lipinski definition) is 2. The Bertz CT molecular complexity index is 729. The number of nitrogens with zero attached hydrogens (tertiary/aromatic N) is 1. The number of amides is 1. The molecule has 0 radical (unpaired) electrons. The molecule has 0 bridgehead atoms. The van der Waals surface area contributed by atoms with E-state index in [2.05, 4.69) is 22.3 Å². The standard InChI is InChI=1S/C19H21FN2O/c1-13-9-10-16(12-17(13)20)21-19(23)14(2)22-11-5-7-15-6-3-4-8-18(15)22/h3-4,6,8-10,12,14H,5,7,11H2,1-2H3,(H,21,23). The van der Waals surface area contributed by atoms with Gasteiger partial charge in [-0.2, -0.15) is 0 Å². The summed E-state index contributed by atoms with van der Waals surface area (Å²) in [5, 5.41) is 2.82. The first-order chi connectivity index (χ1) is 11.1. The van der Waals surface area contributed by atoms with Gasteiger partial charge >= 0.3 is 0 Å². The summed E-state index contributed by atoms with van der Waals surface area (Å²) >= 11 is 0. The summed E-state index contributed by atoms with van der Waals surface area (Å²) in [5.74, 6) is -0.427. The zero-order chi connectivity index (χ0) is 16.4. The molecule has 3 nitrogen and oxygen atoms in total. The number of rotatable bonds is 3.